The van der Waals surface area contributed by atoms with Crippen LogP contribution < -0.4 is 10.4 Å². The fraction of sp³-hybridized carbons (Fsp3) is 0.211. The number of allylic oxidation sites excluding steroid dienone is 1. The van der Waals surface area contributed by atoms with Crippen LogP contribution in [0.1, 0.15) is 18.4 Å². The summed E-state index contributed by atoms with van der Waals surface area (Å²) in [7, 11) is 0. The topological polar surface area (TPSA) is 91.5 Å². The van der Waals surface area contributed by atoms with Gasteiger partial charge in [-0.2, -0.15) is 0 Å². The van der Waals surface area contributed by atoms with Crippen LogP contribution in [-0.4, -0.2) is 28.2 Å². The van der Waals surface area contributed by atoms with E-state index in [4.69, 9.17) is 0 Å². The first kappa shape index (κ1) is 17.5. The Morgan fingerprint density at radius 3 is 2.81 bits per heavy atom. The Morgan fingerprint density at radius 2 is 2.08 bits per heavy atom. The average molecular weight is 350 g/mol. The third-order valence-electron chi connectivity index (χ3n) is 4.16. The molecule has 1 saturated heterocycles. The summed E-state index contributed by atoms with van der Waals surface area (Å²) in [5.74, 6) is 6.68. The molecule has 2 heterocycles. The van der Waals surface area contributed by atoms with Crippen molar-refractivity contribution in [3.05, 3.63) is 69.9 Å². The van der Waals surface area contributed by atoms with Gasteiger partial charge < -0.3 is 4.90 Å². The first-order valence-electron chi connectivity index (χ1n) is 8.21. The van der Waals surface area contributed by atoms with E-state index < -0.39 is 4.92 Å². The van der Waals surface area contributed by atoms with Crippen LogP contribution in [0.4, 0.5) is 17.2 Å². The number of nitro groups is 1. The largest absolute Gasteiger partial charge is 0.354 e. The molecule has 1 aromatic carbocycles. The predicted octanol–water partition coefficient (Wildman–Crippen LogP) is 3.37. The Bertz CT molecular complexity index is 889. The molecule has 1 aliphatic heterocycles. The maximum absolute atomic E-state index is 10.8. The first-order valence-corrected chi connectivity index (χ1v) is 8.21. The average Bonchev–Trinajstić information content (AvgIpc) is 2.69. The van der Waals surface area contributed by atoms with Gasteiger partial charge >= 0.3 is 0 Å². The monoisotopic (exact) mass is 350 g/mol. The molecule has 0 spiro atoms. The third kappa shape index (κ3) is 4.18. The number of benzene rings is 1. The van der Waals surface area contributed by atoms with Crippen LogP contribution in [0.15, 0.2) is 54.2 Å². The number of non-ortho nitro benzene ring substituents is 1. The number of aromatic nitrogens is 1. The van der Waals surface area contributed by atoms with Gasteiger partial charge in [0.15, 0.2) is 5.82 Å². The highest BCUT2D eigenvalue weighted by molar-refractivity contribution is 5.64. The van der Waals surface area contributed by atoms with Crippen LogP contribution in [-0.2, 0) is 0 Å². The molecule has 0 unspecified atom stereocenters. The van der Waals surface area contributed by atoms with Gasteiger partial charge in [-0.15, -0.1) is 0 Å². The second kappa shape index (κ2) is 8.14. The number of nitro benzene ring substituents is 1. The minimum absolute atomic E-state index is 0.0430. The molecule has 0 atom stereocenters. The van der Waals surface area contributed by atoms with Crippen LogP contribution >= 0.6 is 0 Å². The highest BCUT2D eigenvalue weighted by Gasteiger charge is 2.17. The molecule has 1 fully saturated rings. The van der Waals surface area contributed by atoms with Crippen molar-refractivity contribution in [1.29, 1.82) is 0 Å². The number of anilines is 2. The summed E-state index contributed by atoms with van der Waals surface area (Å²) in [6.07, 6.45) is 5.29. The van der Waals surface area contributed by atoms with Crippen molar-refractivity contribution in [2.24, 2.45) is 0 Å². The van der Waals surface area contributed by atoms with E-state index in [1.54, 1.807) is 30.5 Å². The summed E-state index contributed by atoms with van der Waals surface area (Å²) in [4.78, 5) is 16.8. The first-order chi connectivity index (χ1) is 12.7. The minimum atomic E-state index is -0.424. The van der Waals surface area contributed by atoms with Crippen molar-refractivity contribution in [1.82, 2.24) is 4.98 Å². The third-order valence-corrected chi connectivity index (χ3v) is 4.16. The van der Waals surface area contributed by atoms with Gasteiger partial charge in [0.1, 0.15) is 5.69 Å². The van der Waals surface area contributed by atoms with Gasteiger partial charge in [-0.3, -0.25) is 20.8 Å². The number of pyridine rings is 1. The predicted molar refractivity (Wildman–Crippen MR) is 99.2 cm³/mol. The lowest BCUT2D eigenvalue weighted by Crippen LogP contribution is -2.31. The van der Waals surface area contributed by atoms with Crippen molar-refractivity contribution in [3.8, 4) is 11.8 Å². The summed E-state index contributed by atoms with van der Waals surface area (Å²) < 4.78 is 0. The van der Waals surface area contributed by atoms with Crippen LogP contribution in [0, 0.1) is 22.0 Å². The van der Waals surface area contributed by atoms with Crippen LogP contribution in [0.2, 0.25) is 0 Å². The van der Waals surface area contributed by atoms with Crippen LogP contribution in [0.3, 0.4) is 0 Å². The number of hydrogen-bond acceptors (Lipinski definition) is 6. The molecule has 0 bridgehead atoms. The summed E-state index contributed by atoms with van der Waals surface area (Å²) in [6.45, 7) is 1.58. The number of hydrogen-bond donors (Lipinski definition) is 2. The van der Waals surface area contributed by atoms with Gasteiger partial charge in [-0.1, -0.05) is 23.5 Å². The van der Waals surface area contributed by atoms with Crippen molar-refractivity contribution >= 4 is 17.2 Å². The normalized spacial score (nSPS) is 13.6. The lowest BCUT2D eigenvalue weighted by Gasteiger charge is -2.30. The molecule has 3 rings (SSSR count). The van der Waals surface area contributed by atoms with E-state index in [2.05, 4.69) is 27.2 Å². The van der Waals surface area contributed by atoms with E-state index in [-0.39, 0.29) is 5.69 Å². The van der Waals surface area contributed by atoms with Crippen molar-refractivity contribution in [2.45, 2.75) is 12.8 Å². The Kier molecular flexibility index (Phi) is 5.46. The van der Waals surface area contributed by atoms with Gasteiger partial charge in [0.2, 0.25) is 0 Å². The molecule has 132 valence electrons. The van der Waals surface area contributed by atoms with E-state index in [9.17, 15) is 15.3 Å². The van der Waals surface area contributed by atoms with Gasteiger partial charge in [0, 0.05) is 37.0 Å². The standard InChI is InChI=1S/C19H18N4O3/c24-21-18-8-3-11-20-19(18)22-12-9-15(10-13-22)4-1-5-16-6-2-7-17(14-16)23(25)26/h2-4,6-8,11,14,21,24H,9-10,12-13H2. The van der Waals surface area contributed by atoms with Crippen molar-refractivity contribution in [3.63, 3.8) is 0 Å². The summed E-state index contributed by atoms with van der Waals surface area (Å²) in [5, 5.41) is 20.0. The summed E-state index contributed by atoms with van der Waals surface area (Å²) >= 11 is 0. The maximum atomic E-state index is 10.8. The SMILES string of the molecule is O=[N+]([O-])c1cccc(C#CC=C2CCN(c3ncccc3NO)CC2)c1. The van der Waals surface area contributed by atoms with E-state index in [1.807, 2.05) is 6.08 Å². The van der Waals surface area contributed by atoms with Gasteiger partial charge in [-0.25, -0.2) is 4.98 Å². The second-order valence-corrected chi connectivity index (χ2v) is 5.85. The van der Waals surface area contributed by atoms with Crippen LogP contribution in [0.5, 0.6) is 0 Å². The van der Waals surface area contributed by atoms with Crippen molar-refractivity contribution in [2.75, 3.05) is 23.5 Å². The second-order valence-electron chi connectivity index (χ2n) is 5.85. The number of nitrogens with zero attached hydrogens (tertiary/aromatic N) is 3. The smallest absolute Gasteiger partial charge is 0.270 e. The van der Waals surface area contributed by atoms with Crippen molar-refractivity contribution < 1.29 is 10.1 Å². The Hall–Kier alpha value is -3.37. The Morgan fingerprint density at radius 1 is 1.27 bits per heavy atom. The van der Waals surface area contributed by atoms with Crippen LogP contribution in [0.25, 0.3) is 0 Å². The van der Waals surface area contributed by atoms with E-state index in [0.29, 0.717) is 11.3 Å². The zero-order valence-corrected chi connectivity index (χ0v) is 14.1. The van der Waals surface area contributed by atoms with Gasteiger partial charge in [0.05, 0.1) is 4.92 Å². The molecule has 26 heavy (non-hydrogen) atoms. The number of nitrogens with one attached hydrogen (secondary N) is 1. The fourth-order valence-corrected chi connectivity index (χ4v) is 2.81. The fourth-order valence-electron chi connectivity index (χ4n) is 2.81. The highest BCUT2D eigenvalue weighted by Crippen LogP contribution is 2.26. The Labute approximate surface area is 151 Å². The molecule has 7 heteroatoms. The van der Waals surface area contributed by atoms with Gasteiger partial charge in [-0.05, 0) is 37.1 Å². The lowest BCUT2D eigenvalue weighted by atomic mass is 10.0. The molecule has 0 amide bonds. The maximum Gasteiger partial charge on any atom is 0.270 e. The Balaban J connectivity index is 1.64. The molecule has 0 radical (unpaired) electrons. The summed E-state index contributed by atoms with van der Waals surface area (Å²) in [5.41, 5.74) is 4.67. The molecule has 0 aliphatic carbocycles. The molecule has 7 nitrogen and oxygen atoms in total. The van der Waals surface area contributed by atoms with E-state index in [0.717, 1.165) is 31.7 Å². The van der Waals surface area contributed by atoms with E-state index in [1.165, 1.54) is 17.7 Å². The zero-order valence-electron chi connectivity index (χ0n) is 14.1. The lowest BCUT2D eigenvalue weighted by molar-refractivity contribution is -0.384. The molecule has 0 saturated carbocycles. The van der Waals surface area contributed by atoms with Gasteiger partial charge in [0.25, 0.3) is 5.69 Å². The molecular formula is C19H18N4O3. The molecule has 2 aromatic rings. The van der Waals surface area contributed by atoms with E-state index >= 15 is 0 Å². The molecule has 1 aromatic heterocycles. The highest BCUT2D eigenvalue weighted by atomic mass is 16.6. The number of piperidine rings is 1. The minimum Gasteiger partial charge on any atom is -0.354 e. The quantitative estimate of drug-likeness (QED) is 0.501. The molecule has 2 N–H and O–H groups in total. The number of rotatable bonds is 3. The zero-order chi connectivity index (χ0) is 18.4. The summed E-state index contributed by atoms with van der Waals surface area (Å²) in [6, 6.07) is 9.85. The molecular weight excluding hydrogens is 332 g/mol. The molecule has 1 aliphatic rings.